The van der Waals surface area contributed by atoms with E-state index in [0.717, 1.165) is 36.9 Å². The Morgan fingerprint density at radius 2 is 1.94 bits per heavy atom. The van der Waals surface area contributed by atoms with Crippen LogP contribution in [0.2, 0.25) is 0 Å². The average molecular weight is 446 g/mol. The Morgan fingerprint density at radius 3 is 2.73 bits per heavy atom. The highest BCUT2D eigenvalue weighted by atomic mass is 16.5. The van der Waals surface area contributed by atoms with Crippen molar-refractivity contribution in [3.8, 4) is 12.3 Å². The Morgan fingerprint density at radius 1 is 1.15 bits per heavy atom. The molecule has 170 valence electrons. The fourth-order valence-corrected chi connectivity index (χ4v) is 3.92. The molecule has 9 heteroatoms. The van der Waals surface area contributed by atoms with Crippen LogP contribution in [0.3, 0.4) is 0 Å². The summed E-state index contributed by atoms with van der Waals surface area (Å²) in [6, 6.07) is 8.14. The van der Waals surface area contributed by atoms with E-state index in [2.05, 4.69) is 41.8 Å². The van der Waals surface area contributed by atoms with Gasteiger partial charge in [0.2, 0.25) is 5.95 Å². The standard InChI is InChI=1S/C24H27N7O2/c1-3-16-7-5-6-8-19(16)30-23-22-20(27-15-28-23)13-26-24(31-22)29-18-11-9-17(10-12-18)25-14-21(32)33-4-2/h1,5-8,13,15,17-18,25H,4,9-12,14H2,2H3,(H,26,29,31)(H,27,28,30). The van der Waals surface area contributed by atoms with Crippen molar-refractivity contribution < 1.29 is 9.53 Å². The first-order valence-corrected chi connectivity index (χ1v) is 11.1. The van der Waals surface area contributed by atoms with Crippen LogP contribution in [0.5, 0.6) is 0 Å². The van der Waals surface area contributed by atoms with Crippen molar-refractivity contribution >= 4 is 34.5 Å². The van der Waals surface area contributed by atoms with Crippen molar-refractivity contribution in [2.24, 2.45) is 0 Å². The lowest BCUT2D eigenvalue weighted by Crippen LogP contribution is -2.39. The van der Waals surface area contributed by atoms with Gasteiger partial charge in [0, 0.05) is 17.6 Å². The van der Waals surface area contributed by atoms with Gasteiger partial charge in [-0.15, -0.1) is 6.42 Å². The Labute approximate surface area is 192 Å². The summed E-state index contributed by atoms with van der Waals surface area (Å²) >= 11 is 0. The van der Waals surface area contributed by atoms with Gasteiger partial charge in [-0.1, -0.05) is 18.1 Å². The number of esters is 1. The minimum Gasteiger partial charge on any atom is -0.465 e. The Bertz CT molecular complexity index is 1150. The van der Waals surface area contributed by atoms with Crippen LogP contribution in [0.25, 0.3) is 11.0 Å². The third-order valence-electron chi connectivity index (χ3n) is 5.61. The molecule has 0 spiro atoms. The summed E-state index contributed by atoms with van der Waals surface area (Å²) in [6.07, 6.45) is 12.6. The lowest BCUT2D eigenvalue weighted by molar-refractivity contribution is -0.142. The highest BCUT2D eigenvalue weighted by Crippen LogP contribution is 2.25. The smallest absolute Gasteiger partial charge is 0.319 e. The second-order valence-corrected chi connectivity index (χ2v) is 7.84. The fraction of sp³-hybridized carbons (Fsp3) is 0.375. The molecule has 0 atom stereocenters. The number of ether oxygens (including phenoxy) is 1. The van der Waals surface area contributed by atoms with Gasteiger partial charge in [0.05, 0.1) is 25.0 Å². The summed E-state index contributed by atoms with van der Waals surface area (Å²) in [5, 5.41) is 9.99. The molecule has 4 rings (SSSR count). The van der Waals surface area contributed by atoms with Crippen LogP contribution >= 0.6 is 0 Å². The zero-order valence-electron chi connectivity index (χ0n) is 18.5. The molecule has 3 N–H and O–H groups in total. The van der Waals surface area contributed by atoms with Gasteiger partial charge in [-0.2, -0.15) is 0 Å². The molecule has 0 saturated heterocycles. The number of hydrogen-bond donors (Lipinski definition) is 3. The van der Waals surface area contributed by atoms with Gasteiger partial charge in [-0.25, -0.2) is 19.9 Å². The number of terminal acetylenes is 1. The molecule has 0 unspecified atom stereocenters. The third kappa shape index (κ3) is 5.73. The van der Waals surface area contributed by atoms with E-state index in [1.807, 2.05) is 31.2 Å². The van der Waals surface area contributed by atoms with Gasteiger partial charge in [-0.3, -0.25) is 4.79 Å². The maximum absolute atomic E-state index is 11.5. The predicted molar refractivity (Wildman–Crippen MR) is 127 cm³/mol. The maximum atomic E-state index is 11.5. The van der Waals surface area contributed by atoms with Crippen LogP contribution in [0, 0.1) is 12.3 Å². The molecule has 3 aromatic rings. The van der Waals surface area contributed by atoms with Gasteiger partial charge >= 0.3 is 5.97 Å². The number of anilines is 3. The lowest BCUT2D eigenvalue weighted by atomic mass is 9.91. The molecule has 2 heterocycles. The van der Waals surface area contributed by atoms with Crippen LogP contribution in [0.4, 0.5) is 17.5 Å². The molecule has 1 aromatic carbocycles. The van der Waals surface area contributed by atoms with Crippen LogP contribution in [-0.2, 0) is 9.53 Å². The first-order chi connectivity index (χ1) is 16.2. The molecule has 0 bridgehead atoms. The molecule has 33 heavy (non-hydrogen) atoms. The topological polar surface area (TPSA) is 114 Å². The first kappa shape index (κ1) is 22.4. The van der Waals surface area contributed by atoms with Gasteiger partial charge in [-0.05, 0) is 44.7 Å². The molecule has 0 amide bonds. The number of carbonyl (C=O) groups is 1. The quantitative estimate of drug-likeness (QED) is 0.355. The van der Waals surface area contributed by atoms with Crippen molar-refractivity contribution in [3.05, 3.63) is 42.4 Å². The van der Waals surface area contributed by atoms with Crippen LogP contribution in [0.1, 0.15) is 38.2 Å². The van der Waals surface area contributed by atoms with Crippen LogP contribution in [0.15, 0.2) is 36.8 Å². The van der Waals surface area contributed by atoms with E-state index >= 15 is 0 Å². The van der Waals surface area contributed by atoms with Crippen LogP contribution in [-0.4, -0.2) is 51.1 Å². The summed E-state index contributed by atoms with van der Waals surface area (Å²) in [7, 11) is 0. The van der Waals surface area contributed by atoms with E-state index in [1.54, 1.807) is 6.20 Å². The Balaban J connectivity index is 1.41. The lowest BCUT2D eigenvalue weighted by Gasteiger charge is -2.29. The van der Waals surface area contributed by atoms with Crippen molar-refractivity contribution in [2.75, 3.05) is 23.8 Å². The SMILES string of the molecule is C#Cc1ccccc1Nc1ncnc2cnc(NC3CCC(NCC(=O)OCC)CC3)nc12. The monoisotopic (exact) mass is 445 g/mol. The molecule has 2 aromatic heterocycles. The number of benzene rings is 1. The molecule has 0 aliphatic heterocycles. The number of hydrogen-bond acceptors (Lipinski definition) is 9. The van der Waals surface area contributed by atoms with Gasteiger partial charge in [0.25, 0.3) is 0 Å². The summed E-state index contributed by atoms with van der Waals surface area (Å²) in [5.41, 5.74) is 2.78. The summed E-state index contributed by atoms with van der Waals surface area (Å²) in [5.74, 6) is 3.57. The molecule has 1 saturated carbocycles. The number of carbonyl (C=O) groups excluding carboxylic acids is 1. The van der Waals surface area contributed by atoms with Crippen molar-refractivity contribution in [1.82, 2.24) is 25.3 Å². The average Bonchev–Trinajstić information content (AvgIpc) is 2.84. The van der Waals surface area contributed by atoms with Crippen molar-refractivity contribution in [2.45, 2.75) is 44.7 Å². The normalized spacial score (nSPS) is 17.8. The van der Waals surface area contributed by atoms with E-state index in [9.17, 15) is 4.79 Å². The second kappa shape index (κ2) is 10.7. The largest absolute Gasteiger partial charge is 0.465 e. The number of nitrogens with zero attached hydrogens (tertiary/aromatic N) is 4. The molecule has 1 fully saturated rings. The van der Waals surface area contributed by atoms with E-state index < -0.39 is 0 Å². The first-order valence-electron chi connectivity index (χ1n) is 11.1. The molecule has 0 radical (unpaired) electrons. The summed E-state index contributed by atoms with van der Waals surface area (Å²) in [4.78, 5) is 29.3. The zero-order chi connectivity index (χ0) is 23.0. The molecule has 9 nitrogen and oxygen atoms in total. The number of para-hydroxylation sites is 1. The van der Waals surface area contributed by atoms with Crippen molar-refractivity contribution in [1.29, 1.82) is 0 Å². The second-order valence-electron chi connectivity index (χ2n) is 7.84. The fourth-order valence-electron chi connectivity index (χ4n) is 3.92. The third-order valence-corrected chi connectivity index (χ3v) is 5.61. The highest BCUT2D eigenvalue weighted by molar-refractivity contribution is 5.87. The molecule has 1 aliphatic rings. The van der Waals surface area contributed by atoms with Gasteiger partial charge < -0.3 is 20.7 Å². The maximum Gasteiger partial charge on any atom is 0.319 e. The van der Waals surface area contributed by atoms with E-state index in [-0.39, 0.29) is 18.6 Å². The Hall–Kier alpha value is -3.77. The number of rotatable bonds is 8. The van der Waals surface area contributed by atoms with Crippen LogP contribution < -0.4 is 16.0 Å². The molecule has 1 aliphatic carbocycles. The van der Waals surface area contributed by atoms with E-state index in [0.29, 0.717) is 35.4 Å². The summed E-state index contributed by atoms with van der Waals surface area (Å²) in [6.45, 7) is 2.47. The number of aromatic nitrogens is 4. The molecular weight excluding hydrogens is 418 g/mol. The van der Waals surface area contributed by atoms with E-state index in [1.165, 1.54) is 6.33 Å². The highest BCUT2D eigenvalue weighted by Gasteiger charge is 2.22. The zero-order valence-corrected chi connectivity index (χ0v) is 18.5. The summed E-state index contributed by atoms with van der Waals surface area (Å²) < 4.78 is 4.97. The number of nitrogens with one attached hydrogen (secondary N) is 3. The molecular formula is C24H27N7O2. The van der Waals surface area contributed by atoms with E-state index in [4.69, 9.17) is 11.2 Å². The minimum absolute atomic E-state index is 0.209. The Kier molecular flexibility index (Phi) is 7.27. The minimum atomic E-state index is -0.209. The van der Waals surface area contributed by atoms with Crippen molar-refractivity contribution in [3.63, 3.8) is 0 Å². The van der Waals surface area contributed by atoms with Gasteiger partial charge in [0.1, 0.15) is 17.4 Å². The number of fused-ring (bicyclic) bond motifs is 1. The van der Waals surface area contributed by atoms with Gasteiger partial charge in [0.15, 0.2) is 5.82 Å². The predicted octanol–water partition coefficient (Wildman–Crippen LogP) is 3.02.